The Morgan fingerprint density at radius 1 is 1.50 bits per heavy atom. The summed E-state index contributed by atoms with van der Waals surface area (Å²) in [7, 11) is 0. The van der Waals surface area contributed by atoms with Crippen LogP contribution in [0.25, 0.3) is 0 Å². The number of amides is 1. The lowest BCUT2D eigenvalue weighted by Gasteiger charge is -2.38. The standard InChI is InChI=1S/C13H17ClN2O2/c1-13(2)8-16(6-7-18-13)12(17)9-4-3-5-10(15)11(9)14/h3-5H,6-8,15H2,1-2H3. The second-order valence-electron chi connectivity index (χ2n) is 5.04. The molecule has 1 saturated heterocycles. The number of ether oxygens (including phenoxy) is 1. The number of anilines is 1. The molecule has 0 radical (unpaired) electrons. The molecule has 1 aromatic carbocycles. The number of carbonyl (C=O) groups excluding carboxylic acids is 1. The van der Waals surface area contributed by atoms with Crippen molar-refractivity contribution in [3.63, 3.8) is 0 Å². The molecule has 0 saturated carbocycles. The van der Waals surface area contributed by atoms with Gasteiger partial charge in [0, 0.05) is 13.1 Å². The van der Waals surface area contributed by atoms with Gasteiger partial charge in [-0.3, -0.25) is 4.79 Å². The zero-order valence-electron chi connectivity index (χ0n) is 10.6. The SMILES string of the molecule is CC1(C)CN(C(=O)c2cccc(N)c2Cl)CCO1. The van der Waals surface area contributed by atoms with Crippen LogP contribution in [0.1, 0.15) is 24.2 Å². The van der Waals surface area contributed by atoms with Crippen LogP contribution in [0, 0.1) is 0 Å². The Bertz CT molecular complexity index is 474. The maximum atomic E-state index is 12.4. The van der Waals surface area contributed by atoms with Gasteiger partial charge in [0.1, 0.15) is 0 Å². The number of nitrogens with two attached hydrogens (primary N) is 1. The van der Waals surface area contributed by atoms with Crippen LogP contribution in [-0.4, -0.2) is 36.1 Å². The Kier molecular flexibility index (Phi) is 3.50. The van der Waals surface area contributed by atoms with Crippen LogP contribution in [0.15, 0.2) is 18.2 Å². The largest absolute Gasteiger partial charge is 0.398 e. The first-order valence-corrected chi connectivity index (χ1v) is 6.26. The minimum Gasteiger partial charge on any atom is -0.398 e. The van der Waals surface area contributed by atoms with Gasteiger partial charge < -0.3 is 15.4 Å². The molecule has 0 atom stereocenters. The highest BCUT2D eigenvalue weighted by Crippen LogP contribution is 2.26. The minimum atomic E-state index is -0.319. The fourth-order valence-corrected chi connectivity index (χ4v) is 2.28. The number of hydrogen-bond donors (Lipinski definition) is 1. The summed E-state index contributed by atoms with van der Waals surface area (Å²) in [6, 6.07) is 5.12. The summed E-state index contributed by atoms with van der Waals surface area (Å²) < 4.78 is 5.58. The third kappa shape index (κ3) is 2.60. The van der Waals surface area contributed by atoms with Gasteiger partial charge in [-0.05, 0) is 26.0 Å². The number of hydrogen-bond acceptors (Lipinski definition) is 3. The smallest absolute Gasteiger partial charge is 0.255 e. The fraction of sp³-hybridized carbons (Fsp3) is 0.462. The molecule has 0 spiro atoms. The van der Waals surface area contributed by atoms with Crippen molar-refractivity contribution in [3.05, 3.63) is 28.8 Å². The molecule has 18 heavy (non-hydrogen) atoms. The van der Waals surface area contributed by atoms with Gasteiger partial charge in [0.2, 0.25) is 0 Å². The second kappa shape index (κ2) is 4.78. The van der Waals surface area contributed by atoms with Gasteiger partial charge in [0.25, 0.3) is 5.91 Å². The van der Waals surface area contributed by atoms with Gasteiger partial charge in [-0.15, -0.1) is 0 Å². The van der Waals surface area contributed by atoms with Gasteiger partial charge >= 0.3 is 0 Å². The van der Waals surface area contributed by atoms with E-state index in [0.29, 0.717) is 36.0 Å². The van der Waals surface area contributed by atoms with Crippen LogP contribution in [0.3, 0.4) is 0 Å². The molecular formula is C13H17ClN2O2. The van der Waals surface area contributed by atoms with Crippen LogP contribution in [0.2, 0.25) is 5.02 Å². The van der Waals surface area contributed by atoms with Gasteiger partial charge in [0.05, 0.1) is 28.5 Å². The van der Waals surface area contributed by atoms with Crippen LogP contribution < -0.4 is 5.73 Å². The maximum Gasteiger partial charge on any atom is 0.255 e. The fourth-order valence-electron chi connectivity index (χ4n) is 2.08. The highest BCUT2D eigenvalue weighted by atomic mass is 35.5. The van der Waals surface area contributed by atoms with E-state index in [-0.39, 0.29) is 11.5 Å². The average molecular weight is 269 g/mol. The van der Waals surface area contributed by atoms with E-state index in [1.54, 1.807) is 23.1 Å². The summed E-state index contributed by atoms with van der Waals surface area (Å²) in [6.07, 6.45) is 0. The topological polar surface area (TPSA) is 55.6 Å². The number of carbonyl (C=O) groups is 1. The number of nitrogens with zero attached hydrogens (tertiary/aromatic N) is 1. The van der Waals surface area contributed by atoms with E-state index in [1.807, 2.05) is 13.8 Å². The number of halogens is 1. The first kappa shape index (κ1) is 13.2. The Labute approximate surface area is 112 Å². The summed E-state index contributed by atoms with van der Waals surface area (Å²) in [5, 5.41) is 0.326. The third-order valence-corrected chi connectivity index (χ3v) is 3.39. The molecule has 2 N–H and O–H groups in total. The lowest BCUT2D eigenvalue weighted by Crippen LogP contribution is -2.50. The third-order valence-electron chi connectivity index (χ3n) is 2.97. The number of morpholine rings is 1. The molecule has 1 amide bonds. The quantitative estimate of drug-likeness (QED) is 0.794. The Balaban J connectivity index is 2.23. The maximum absolute atomic E-state index is 12.4. The number of nitrogen functional groups attached to an aromatic ring is 1. The van der Waals surface area contributed by atoms with Crippen LogP contribution in [0.5, 0.6) is 0 Å². The van der Waals surface area contributed by atoms with E-state index in [4.69, 9.17) is 22.1 Å². The van der Waals surface area contributed by atoms with Crippen LogP contribution in [-0.2, 0) is 4.74 Å². The van der Waals surface area contributed by atoms with E-state index in [1.165, 1.54) is 0 Å². The van der Waals surface area contributed by atoms with Crippen molar-refractivity contribution in [2.24, 2.45) is 0 Å². The van der Waals surface area contributed by atoms with Crippen molar-refractivity contribution in [2.45, 2.75) is 19.4 Å². The zero-order valence-corrected chi connectivity index (χ0v) is 11.3. The normalized spacial score (nSPS) is 18.7. The second-order valence-corrected chi connectivity index (χ2v) is 5.42. The lowest BCUT2D eigenvalue weighted by molar-refractivity contribution is -0.0763. The Morgan fingerprint density at radius 2 is 2.22 bits per heavy atom. The van der Waals surface area contributed by atoms with E-state index < -0.39 is 0 Å². The van der Waals surface area contributed by atoms with E-state index >= 15 is 0 Å². The van der Waals surface area contributed by atoms with Crippen LogP contribution in [0.4, 0.5) is 5.69 Å². The predicted octanol–water partition coefficient (Wildman–Crippen LogP) is 2.17. The monoisotopic (exact) mass is 268 g/mol. The first-order chi connectivity index (χ1) is 8.41. The van der Waals surface area contributed by atoms with Gasteiger partial charge in [-0.1, -0.05) is 17.7 Å². The molecule has 0 aromatic heterocycles. The van der Waals surface area contributed by atoms with Crippen molar-refractivity contribution in [1.29, 1.82) is 0 Å². The summed E-state index contributed by atoms with van der Waals surface area (Å²) in [4.78, 5) is 14.1. The van der Waals surface area contributed by atoms with Crippen molar-refractivity contribution < 1.29 is 9.53 Å². The number of rotatable bonds is 1. The van der Waals surface area contributed by atoms with Crippen molar-refractivity contribution in [1.82, 2.24) is 4.90 Å². The molecular weight excluding hydrogens is 252 g/mol. The lowest BCUT2D eigenvalue weighted by atomic mass is 10.1. The van der Waals surface area contributed by atoms with Gasteiger partial charge in [0.15, 0.2) is 0 Å². The average Bonchev–Trinajstić information content (AvgIpc) is 2.30. The molecule has 1 heterocycles. The highest BCUT2D eigenvalue weighted by Gasteiger charge is 2.31. The van der Waals surface area contributed by atoms with Crippen molar-refractivity contribution in [3.8, 4) is 0 Å². The first-order valence-electron chi connectivity index (χ1n) is 5.88. The van der Waals surface area contributed by atoms with Crippen molar-refractivity contribution >= 4 is 23.2 Å². The summed E-state index contributed by atoms with van der Waals surface area (Å²) in [5.74, 6) is -0.0938. The Hall–Kier alpha value is -1.26. The summed E-state index contributed by atoms with van der Waals surface area (Å²) in [5.41, 5.74) is 6.27. The molecule has 2 rings (SSSR count). The molecule has 0 aliphatic carbocycles. The molecule has 4 nitrogen and oxygen atoms in total. The Morgan fingerprint density at radius 3 is 2.89 bits per heavy atom. The molecule has 5 heteroatoms. The molecule has 1 aliphatic rings. The molecule has 98 valence electrons. The highest BCUT2D eigenvalue weighted by molar-refractivity contribution is 6.36. The van der Waals surface area contributed by atoms with E-state index in [2.05, 4.69) is 0 Å². The van der Waals surface area contributed by atoms with Crippen molar-refractivity contribution in [2.75, 3.05) is 25.4 Å². The van der Waals surface area contributed by atoms with Crippen LogP contribution >= 0.6 is 11.6 Å². The van der Waals surface area contributed by atoms with Gasteiger partial charge in [-0.25, -0.2) is 0 Å². The molecule has 1 aromatic rings. The van der Waals surface area contributed by atoms with Gasteiger partial charge in [-0.2, -0.15) is 0 Å². The molecule has 1 fully saturated rings. The predicted molar refractivity (Wildman–Crippen MR) is 71.8 cm³/mol. The molecule has 0 bridgehead atoms. The number of benzene rings is 1. The molecule has 0 unspecified atom stereocenters. The van der Waals surface area contributed by atoms with E-state index in [0.717, 1.165) is 0 Å². The minimum absolute atomic E-state index is 0.0938. The zero-order chi connectivity index (χ0) is 13.3. The van der Waals surface area contributed by atoms with E-state index in [9.17, 15) is 4.79 Å². The summed E-state index contributed by atoms with van der Waals surface area (Å²) >= 11 is 6.07. The molecule has 1 aliphatic heterocycles. The summed E-state index contributed by atoms with van der Waals surface area (Å²) in [6.45, 7) is 5.60.